The second-order valence-electron chi connectivity index (χ2n) is 3.22. The van der Waals surface area contributed by atoms with Crippen LogP contribution in [0.5, 0.6) is 0 Å². The minimum absolute atomic E-state index is 0.0739. The largest absolute Gasteiger partial charge is 0.320 e. The monoisotopic (exact) mass is 253 g/mol. The van der Waals surface area contributed by atoms with Crippen molar-refractivity contribution in [2.75, 3.05) is 5.75 Å². The van der Waals surface area contributed by atoms with Crippen LogP contribution in [0.2, 0.25) is 5.02 Å². The Hall–Kier alpha value is -1.26. The average molecular weight is 254 g/mol. The molecule has 1 heterocycles. The highest BCUT2D eigenvalue weighted by Crippen LogP contribution is 2.20. The zero-order valence-electron chi connectivity index (χ0n) is 8.20. The summed E-state index contributed by atoms with van der Waals surface area (Å²) in [5.41, 5.74) is 0.516. The van der Waals surface area contributed by atoms with Gasteiger partial charge in [-0.15, -0.1) is 0 Å². The van der Waals surface area contributed by atoms with Gasteiger partial charge in [-0.05, 0) is 12.1 Å². The number of thioether (sulfide) groups is 1. The standard InChI is InChI=1S/C11H8ClNO2S/c12-8-3-1-2-7(4-8)9(14)5-11-13-10(15)6-16-11/h1-5H,6H2,(H,13,15). The highest BCUT2D eigenvalue weighted by molar-refractivity contribution is 8.04. The van der Waals surface area contributed by atoms with Crippen LogP contribution in [-0.2, 0) is 4.79 Å². The second kappa shape index (κ2) is 4.72. The quantitative estimate of drug-likeness (QED) is 0.649. The van der Waals surface area contributed by atoms with E-state index >= 15 is 0 Å². The summed E-state index contributed by atoms with van der Waals surface area (Å²) in [6.07, 6.45) is 1.42. The fraction of sp³-hybridized carbons (Fsp3) is 0.0909. The second-order valence-corrected chi connectivity index (χ2v) is 4.67. The zero-order valence-corrected chi connectivity index (χ0v) is 9.77. The maximum Gasteiger partial charge on any atom is 0.235 e. The fourth-order valence-electron chi connectivity index (χ4n) is 1.27. The maximum absolute atomic E-state index is 11.8. The Bertz CT molecular complexity index is 485. The van der Waals surface area contributed by atoms with Gasteiger partial charge in [-0.3, -0.25) is 9.59 Å². The molecule has 5 heteroatoms. The van der Waals surface area contributed by atoms with Crippen molar-refractivity contribution in [1.82, 2.24) is 5.32 Å². The molecular formula is C11H8ClNO2S. The molecule has 1 fully saturated rings. The van der Waals surface area contributed by atoms with Gasteiger partial charge in [0.1, 0.15) is 0 Å². The van der Waals surface area contributed by atoms with Gasteiger partial charge < -0.3 is 5.32 Å². The minimum Gasteiger partial charge on any atom is -0.320 e. The molecule has 0 spiro atoms. The van der Waals surface area contributed by atoms with Crippen LogP contribution in [0.3, 0.4) is 0 Å². The SMILES string of the molecule is O=C1CSC(=CC(=O)c2cccc(Cl)c2)N1. The van der Waals surface area contributed by atoms with Crippen molar-refractivity contribution < 1.29 is 9.59 Å². The first-order valence-electron chi connectivity index (χ1n) is 4.59. The Labute approximate surface area is 102 Å². The van der Waals surface area contributed by atoms with Gasteiger partial charge in [0.05, 0.1) is 10.8 Å². The highest BCUT2D eigenvalue weighted by Gasteiger charge is 2.16. The molecule has 16 heavy (non-hydrogen) atoms. The Morgan fingerprint density at radius 3 is 2.94 bits per heavy atom. The predicted octanol–water partition coefficient (Wildman–Crippen LogP) is 2.23. The lowest BCUT2D eigenvalue weighted by Crippen LogP contribution is -2.14. The Morgan fingerprint density at radius 2 is 2.31 bits per heavy atom. The fourth-order valence-corrected chi connectivity index (χ4v) is 2.20. The van der Waals surface area contributed by atoms with E-state index in [0.29, 0.717) is 21.4 Å². The third kappa shape index (κ3) is 2.65. The van der Waals surface area contributed by atoms with E-state index in [-0.39, 0.29) is 11.7 Å². The number of benzene rings is 1. The van der Waals surface area contributed by atoms with Crippen LogP contribution in [0.1, 0.15) is 10.4 Å². The van der Waals surface area contributed by atoms with Crippen molar-refractivity contribution in [1.29, 1.82) is 0 Å². The van der Waals surface area contributed by atoms with E-state index in [9.17, 15) is 9.59 Å². The Kier molecular flexibility index (Phi) is 3.31. The third-order valence-corrected chi connectivity index (χ3v) is 3.17. The summed E-state index contributed by atoms with van der Waals surface area (Å²) >= 11 is 7.11. The molecule has 2 rings (SSSR count). The summed E-state index contributed by atoms with van der Waals surface area (Å²) in [6, 6.07) is 6.71. The van der Waals surface area contributed by atoms with E-state index in [4.69, 9.17) is 11.6 Å². The van der Waals surface area contributed by atoms with Crippen molar-refractivity contribution in [2.45, 2.75) is 0 Å². The van der Waals surface area contributed by atoms with Crippen LogP contribution in [0.4, 0.5) is 0 Å². The summed E-state index contributed by atoms with van der Waals surface area (Å²) in [5, 5.41) is 3.71. The summed E-state index contributed by atoms with van der Waals surface area (Å²) in [6.45, 7) is 0. The van der Waals surface area contributed by atoms with Gasteiger partial charge in [-0.25, -0.2) is 0 Å². The van der Waals surface area contributed by atoms with Crippen LogP contribution < -0.4 is 5.32 Å². The number of hydrogen-bond acceptors (Lipinski definition) is 3. The normalized spacial score (nSPS) is 17.6. The van der Waals surface area contributed by atoms with Gasteiger partial charge >= 0.3 is 0 Å². The molecule has 1 aliphatic rings. The Balaban J connectivity index is 2.17. The van der Waals surface area contributed by atoms with Gasteiger partial charge in [0.15, 0.2) is 5.78 Å². The van der Waals surface area contributed by atoms with E-state index in [0.717, 1.165) is 0 Å². The van der Waals surface area contributed by atoms with Crippen molar-refractivity contribution in [3.63, 3.8) is 0 Å². The van der Waals surface area contributed by atoms with Gasteiger partial charge in [-0.2, -0.15) is 0 Å². The van der Waals surface area contributed by atoms with Gasteiger partial charge in [-0.1, -0.05) is 35.5 Å². The molecule has 82 valence electrons. The molecule has 0 aliphatic carbocycles. The summed E-state index contributed by atoms with van der Waals surface area (Å²) in [4.78, 5) is 22.7. The smallest absolute Gasteiger partial charge is 0.235 e. The number of ketones is 1. The van der Waals surface area contributed by atoms with Gasteiger partial charge in [0.25, 0.3) is 0 Å². The summed E-state index contributed by atoms with van der Waals surface area (Å²) in [5.74, 6) is 0.136. The topological polar surface area (TPSA) is 46.2 Å². The van der Waals surface area contributed by atoms with Gasteiger partial charge in [0, 0.05) is 16.7 Å². The molecule has 3 nitrogen and oxygen atoms in total. The van der Waals surface area contributed by atoms with E-state index in [1.54, 1.807) is 24.3 Å². The molecular weight excluding hydrogens is 246 g/mol. The zero-order chi connectivity index (χ0) is 11.5. The number of nitrogens with one attached hydrogen (secondary N) is 1. The van der Waals surface area contributed by atoms with Crippen molar-refractivity contribution in [3.05, 3.63) is 46.0 Å². The number of amides is 1. The molecule has 0 radical (unpaired) electrons. The van der Waals surface area contributed by atoms with E-state index in [1.165, 1.54) is 17.8 Å². The number of hydrogen-bond donors (Lipinski definition) is 1. The summed E-state index contributed by atoms with van der Waals surface area (Å²) < 4.78 is 0. The molecule has 0 bridgehead atoms. The average Bonchev–Trinajstić information content (AvgIpc) is 2.64. The minimum atomic E-state index is -0.160. The van der Waals surface area contributed by atoms with Crippen molar-refractivity contribution in [3.8, 4) is 0 Å². The molecule has 0 atom stereocenters. The van der Waals surface area contributed by atoms with Crippen LogP contribution in [0.25, 0.3) is 0 Å². The first-order valence-corrected chi connectivity index (χ1v) is 5.96. The lowest BCUT2D eigenvalue weighted by atomic mass is 10.1. The summed E-state index contributed by atoms with van der Waals surface area (Å²) in [7, 11) is 0. The van der Waals surface area contributed by atoms with E-state index in [2.05, 4.69) is 5.32 Å². The van der Waals surface area contributed by atoms with E-state index < -0.39 is 0 Å². The maximum atomic E-state index is 11.8. The molecule has 1 amide bonds. The first kappa shape index (κ1) is 11.2. The lowest BCUT2D eigenvalue weighted by molar-refractivity contribution is -0.117. The third-order valence-electron chi connectivity index (χ3n) is 1.99. The molecule has 0 aromatic heterocycles. The lowest BCUT2D eigenvalue weighted by Gasteiger charge is -1.98. The molecule has 1 aromatic carbocycles. The number of rotatable bonds is 2. The van der Waals surface area contributed by atoms with Crippen molar-refractivity contribution >= 4 is 35.1 Å². The highest BCUT2D eigenvalue weighted by atomic mass is 35.5. The van der Waals surface area contributed by atoms with Gasteiger partial charge in [0.2, 0.25) is 5.91 Å². The van der Waals surface area contributed by atoms with Crippen LogP contribution in [0, 0.1) is 0 Å². The molecule has 1 aromatic rings. The first-order chi connectivity index (χ1) is 7.65. The number of carbonyl (C=O) groups excluding carboxylic acids is 2. The predicted molar refractivity (Wildman–Crippen MR) is 64.5 cm³/mol. The Morgan fingerprint density at radius 1 is 1.50 bits per heavy atom. The number of halogens is 1. The molecule has 0 unspecified atom stereocenters. The number of allylic oxidation sites excluding steroid dienone is 1. The number of carbonyl (C=O) groups is 2. The molecule has 1 aliphatic heterocycles. The molecule has 0 saturated carbocycles. The van der Waals surface area contributed by atoms with Crippen molar-refractivity contribution in [2.24, 2.45) is 0 Å². The van der Waals surface area contributed by atoms with Crippen LogP contribution in [0.15, 0.2) is 35.4 Å². The molecule has 1 saturated heterocycles. The van der Waals surface area contributed by atoms with Crippen LogP contribution in [-0.4, -0.2) is 17.4 Å². The van der Waals surface area contributed by atoms with E-state index in [1.807, 2.05) is 0 Å². The van der Waals surface area contributed by atoms with Crippen LogP contribution >= 0.6 is 23.4 Å². The molecule has 1 N–H and O–H groups in total.